The number of hydrogen-bond acceptors (Lipinski definition) is 3. The van der Waals surface area contributed by atoms with Gasteiger partial charge in [0.2, 0.25) is 0 Å². The number of carbonyl (C=O) groups excluding carboxylic acids is 1. The summed E-state index contributed by atoms with van der Waals surface area (Å²) in [5, 5.41) is 0. The molecule has 154 valence electrons. The topological polar surface area (TPSA) is 29.5 Å². The monoisotopic (exact) mass is 391 g/mol. The maximum atomic E-state index is 13.0. The van der Waals surface area contributed by atoms with Crippen LogP contribution in [0.5, 0.6) is 5.75 Å². The smallest absolute Gasteiger partial charge is 0.168 e. The lowest BCUT2D eigenvalue weighted by molar-refractivity contribution is 0.0857. The molecule has 1 heterocycles. The Labute approximate surface area is 175 Å². The number of benzene rings is 2. The summed E-state index contributed by atoms with van der Waals surface area (Å²) >= 11 is 0. The summed E-state index contributed by atoms with van der Waals surface area (Å²) in [6.45, 7) is 13.4. The first-order chi connectivity index (χ1) is 13.5. The first-order valence-electron chi connectivity index (χ1n) is 10.7. The first kappa shape index (κ1) is 20.0. The van der Waals surface area contributed by atoms with Gasteiger partial charge in [0.15, 0.2) is 5.78 Å². The second kappa shape index (κ2) is 6.62. The molecule has 1 spiro atoms. The van der Waals surface area contributed by atoms with Gasteiger partial charge in [0.05, 0.1) is 5.69 Å². The minimum atomic E-state index is -0.411. The Morgan fingerprint density at radius 3 is 2.45 bits per heavy atom. The van der Waals surface area contributed by atoms with Crippen LogP contribution in [0.25, 0.3) is 0 Å². The van der Waals surface area contributed by atoms with Gasteiger partial charge in [0.25, 0.3) is 0 Å². The molecule has 1 aliphatic carbocycles. The van der Waals surface area contributed by atoms with Gasteiger partial charge in [-0.05, 0) is 69.4 Å². The molecule has 4 rings (SSSR count). The van der Waals surface area contributed by atoms with Crippen LogP contribution in [-0.2, 0) is 12.0 Å². The molecule has 2 aromatic rings. The van der Waals surface area contributed by atoms with Crippen molar-refractivity contribution in [1.82, 2.24) is 0 Å². The van der Waals surface area contributed by atoms with Crippen molar-refractivity contribution in [2.75, 3.05) is 11.5 Å². The highest BCUT2D eigenvalue weighted by Crippen LogP contribution is 2.52. The van der Waals surface area contributed by atoms with Crippen molar-refractivity contribution in [2.45, 2.75) is 71.9 Å². The molecule has 0 radical (unpaired) electrons. The highest BCUT2D eigenvalue weighted by atomic mass is 16.5. The summed E-state index contributed by atoms with van der Waals surface area (Å²) in [6, 6.07) is 14.8. The summed E-state index contributed by atoms with van der Waals surface area (Å²) < 4.78 is 6.37. The van der Waals surface area contributed by atoms with Crippen molar-refractivity contribution in [3.05, 3.63) is 59.2 Å². The summed E-state index contributed by atoms with van der Waals surface area (Å²) in [6.07, 6.45) is 3.31. The molecule has 1 aliphatic heterocycles. The third-order valence-electron chi connectivity index (χ3n) is 6.26. The molecule has 0 bridgehead atoms. The van der Waals surface area contributed by atoms with Crippen molar-refractivity contribution in [3.63, 3.8) is 0 Å². The Morgan fingerprint density at radius 2 is 1.76 bits per heavy atom. The Bertz CT molecular complexity index is 948. The van der Waals surface area contributed by atoms with E-state index in [1.807, 2.05) is 32.9 Å². The number of rotatable bonds is 1. The molecular weight excluding hydrogens is 358 g/mol. The maximum absolute atomic E-state index is 13.0. The third kappa shape index (κ3) is 3.25. The molecule has 0 saturated carbocycles. The fourth-order valence-corrected chi connectivity index (χ4v) is 5.16. The molecule has 0 aromatic heterocycles. The molecule has 0 fully saturated rings. The van der Waals surface area contributed by atoms with Gasteiger partial charge in [-0.2, -0.15) is 0 Å². The number of hydrogen-bond donors (Lipinski definition) is 0. The molecule has 1 atom stereocenters. The fourth-order valence-electron chi connectivity index (χ4n) is 5.16. The van der Waals surface area contributed by atoms with Gasteiger partial charge in [0, 0.05) is 16.5 Å². The van der Waals surface area contributed by atoms with Gasteiger partial charge < -0.3 is 9.64 Å². The van der Waals surface area contributed by atoms with Gasteiger partial charge in [-0.3, -0.25) is 4.79 Å². The van der Waals surface area contributed by atoms with E-state index < -0.39 is 5.41 Å². The zero-order valence-electron chi connectivity index (χ0n) is 18.6. The lowest BCUT2D eigenvalue weighted by atomic mass is 9.73. The van der Waals surface area contributed by atoms with Crippen molar-refractivity contribution < 1.29 is 9.53 Å². The lowest BCUT2D eigenvalue weighted by Crippen LogP contribution is -2.61. The minimum absolute atomic E-state index is 0.119. The number of ether oxygens (including phenoxy) is 1. The number of aryl methyl sites for hydroxylation is 1. The zero-order valence-corrected chi connectivity index (χ0v) is 18.6. The summed E-state index contributed by atoms with van der Waals surface area (Å²) in [5.74, 6) is 1.04. The Hall–Kier alpha value is -2.29. The van der Waals surface area contributed by atoms with E-state index in [0.29, 0.717) is 6.61 Å². The summed E-state index contributed by atoms with van der Waals surface area (Å²) in [4.78, 5) is 15.6. The van der Waals surface area contributed by atoms with Gasteiger partial charge in [-0.15, -0.1) is 0 Å². The van der Waals surface area contributed by atoms with Crippen LogP contribution < -0.4 is 9.64 Å². The van der Waals surface area contributed by atoms with Crippen molar-refractivity contribution >= 4 is 11.5 Å². The SMILES string of the molecule is CC(C)(C)C(=O)c1ccc2c(c1)N(C(C)(C)C)C1(CCCc3ccccc31)CO2. The number of Topliss-reactive ketones (excluding diaryl/α,β-unsaturated/α-hetero) is 1. The molecule has 29 heavy (non-hydrogen) atoms. The average Bonchev–Trinajstić information content (AvgIpc) is 2.65. The Morgan fingerprint density at radius 1 is 1.03 bits per heavy atom. The standard InChI is InChI=1S/C26H33NO2/c1-24(2,3)23(28)19-13-14-22-21(16-19)27(25(4,5)6)26(17-29-22)15-9-11-18-10-7-8-12-20(18)26/h7-8,10,12-14,16H,9,11,15,17H2,1-6H3. The maximum Gasteiger partial charge on any atom is 0.168 e. The number of fused-ring (bicyclic) bond motifs is 3. The first-order valence-corrected chi connectivity index (χ1v) is 10.7. The van der Waals surface area contributed by atoms with Crippen LogP contribution in [-0.4, -0.2) is 17.9 Å². The number of anilines is 1. The molecule has 0 N–H and O–H groups in total. The molecular formula is C26H33NO2. The molecule has 3 heteroatoms. The van der Waals surface area contributed by atoms with Crippen LogP contribution >= 0.6 is 0 Å². The Balaban J connectivity index is 1.92. The van der Waals surface area contributed by atoms with Crippen LogP contribution in [0, 0.1) is 5.41 Å². The second-order valence-corrected chi connectivity index (χ2v) is 10.6. The predicted molar refractivity (Wildman–Crippen MR) is 119 cm³/mol. The van der Waals surface area contributed by atoms with E-state index in [2.05, 4.69) is 56.0 Å². The highest BCUT2D eigenvalue weighted by molar-refractivity contribution is 6.01. The van der Waals surface area contributed by atoms with E-state index in [4.69, 9.17) is 4.74 Å². The number of carbonyl (C=O) groups is 1. The van der Waals surface area contributed by atoms with Gasteiger partial charge in [0.1, 0.15) is 17.9 Å². The molecule has 1 unspecified atom stereocenters. The van der Waals surface area contributed by atoms with Crippen molar-refractivity contribution in [3.8, 4) is 5.75 Å². The number of nitrogens with zero attached hydrogens (tertiary/aromatic N) is 1. The third-order valence-corrected chi connectivity index (χ3v) is 6.26. The van der Waals surface area contributed by atoms with E-state index >= 15 is 0 Å². The normalized spacial score (nSPS) is 21.4. The van der Waals surface area contributed by atoms with Crippen LogP contribution in [0.1, 0.15) is 75.9 Å². The van der Waals surface area contributed by atoms with Crippen LogP contribution in [0.4, 0.5) is 5.69 Å². The van der Waals surface area contributed by atoms with Crippen LogP contribution in [0.15, 0.2) is 42.5 Å². The van der Waals surface area contributed by atoms with Crippen LogP contribution in [0.3, 0.4) is 0 Å². The molecule has 2 aliphatic rings. The summed E-state index contributed by atoms with van der Waals surface area (Å²) in [7, 11) is 0. The minimum Gasteiger partial charge on any atom is -0.489 e. The van der Waals surface area contributed by atoms with Crippen LogP contribution in [0.2, 0.25) is 0 Å². The highest BCUT2D eigenvalue weighted by Gasteiger charge is 2.50. The predicted octanol–water partition coefficient (Wildman–Crippen LogP) is 6.14. The Kier molecular flexibility index (Phi) is 4.56. The largest absolute Gasteiger partial charge is 0.489 e. The second-order valence-electron chi connectivity index (χ2n) is 10.6. The average molecular weight is 392 g/mol. The van der Waals surface area contributed by atoms with E-state index in [1.165, 1.54) is 11.1 Å². The molecule has 3 nitrogen and oxygen atoms in total. The fraction of sp³-hybridized carbons (Fsp3) is 0.500. The molecule has 2 aromatic carbocycles. The van der Waals surface area contributed by atoms with Crippen molar-refractivity contribution in [1.29, 1.82) is 0 Å². The number of ketones is 1. The van der Waals surface area contributed by atoms with Crippen molar-refractivity contribution in [2.24, 2.45) is 5.41 Å². The molecule has 0 amide bonds. The quantitative estimate of drug-likeness (QED) is 0.547. The lowest BCUT2D eigenvalue weighted by Gasteiger charge is -2.56. The summed E-state index contributed by atoms with van der Waals surface area (Å²) in [5.41, 5.74) is 3.86. The van der Waals surface area contributed by atoms with E-state index in [0.717, 1.165) is 36.3 Å². The van der Waals surface area contributed by atoms with E-state index in [-0.39, 0.29) is 16.9 Å². The van der Waals surface area contributed by atoms with E-state index in [1.54, 1.807) is 0 Å². The van der Waals surface area contributed by atoms with E-state index in [9.17, 15) is 4.79 Å². The van der Waals surface area contributed by atoms with Gasteiger partial charge >= 0.3 is 0 Å². The van der Waals surface area contributed by atoms with Gasteiger partial charge in [-0.25, -0.2) is 0 Å². The molecule has 0 saturated heterocycles. The van der Waals surface area contributed by atoms with Gasteiger partial charge in [-0.1, -0.05) is 45.0 Å². The zero-order chi connectivity index (χ0) is 21.0.